The maximum absolute atomic E-state index is 6.54. The van der Waals surface area contributed by atoms with Crippen molar-refractivity contribution in [1.82, 2.24) is 59.4 Å². The summed E-state index contributed by atoms with van der Waals surface area (Å²) in [5, 5.41) is 15.4. The molecule has 0 aliphatic heterocycles. The van der Waals surface area contributed by atoms with E-state index in [4.69, 9.17) is 68.1 Å². The summed E-state index contributed by atoms with van der Waals surface area (Å²) < 4.78 is 21.5. The van der Waals surface area contributed by atoms with Gasteiger partial charge in [-0.15, -0.1) is 0 Å². The second kappa shape index (κ2) is 34.0. The Kier molecular flexibility index (Phi) is 19.8. The standard InChI is InChI=1S/C48H29N5O.C37H23N3O.C36H22N4O/c1-4-12-31(13-5-1)45-50-46(32-14-6-2-7-15-32)52-47(51-45)34-22-25-37-33(28-34)21-20-30-24-27-42-44(43(30)37)49-48(54-42)35-23-26-39-38-18-10-11-19-40(38)53(41(39)29-35)36-16-8-3-9-17-36;1-4-10-25(11-5-1)32-23-33(26-12-6-2-7-13-26)39-36(38-32)29-19-17-24-16-18-27-20-21-31-35(34(27)30(24)22-29)41-37(40-31)28-14-8-3-9-15-28;1-4-10-25(11-5-1)33-38-34(26-12-6-2-7-13-26)40-35(39-33)28-19-17-23-16-18-24-20-21-30-32(31(24)29(23)22-28)37-36(41-30)27-14-8-3-9-15-27/h1-29H;1-23H;1-22H. The molecule has 0 N–H and O–H groups in total. The van der Waals surface area contributed by atoms with Gasteiger partial charge in [-0.3, -0.25) is 0 Å². The Morgan fingerprint density at radius 1 is 0.176 bits per heavy atom. The lowest BCUT2D eigenvalue weighted by atomic mass is 9.98. The molecule has 0 aliphatic carbocycles. The van der Waals surface area contributed by atoms with Gasteiger partial charge in [0.05, 0.1) is 22.4 Å². The number of aromatic nitrogens is 12. The molecule has 0 aliphatic rings. The highest BCUT2D eigenvalue weighted by Gasteiger charge is 2.24. The van der Waals surface area contributed by atoms with Crippen LogP contribution in [0, 0.1) is 0 Å². The van der Waals surface area contributed by atoms with Crippen molar-refractivity contribution in [3.63, 3.8) is 0 Å². The summed E-state index contributed by atoms with van der Waals surface area (Å²) in [5.41, 5.74) is 21.4. The molecule has 20 aromatic carbocycles. The number of hydrogen-bond acceptors (Lipinski definition) is 14. The second-order valence-corrected chi connectivity index (χ2v) is 33.5. The molecule has 0 saturated carbocycles. The van der Waals surface area contributed by atoms with Gasteiger partial charge in [-0.05, 0) is 146 Å². The van der Waals surface area contributed by atoms with Crippen LogP contribution in [0.4, 0.5) is 0 Å². The Bertz CT molecular complexity index is 8780. The highest BCUT2D eigenvalue weighted by atomic mass is 16.4. The van der Waals surface area contributed by atoms with Crippen LogP contribution >= 0.6 is 0 Å². The van der Waals surface area contributed by atoms with Crippen LogP contribution in [0.3, 0.4) is 0 Å². The van der Waals surface area contributed by atoms with Crippen LogP contribution in [0.2, 0.25) is 0 Å². The van der Waals surface area contributed by atoms with Crippen molar-refractivity contribution in [2.24, 2.45) is 0 Å². The molecule has 0 saturated heterocycles. The molecule has 0 spiro atoms. The molecule has 7 heterocycles. The summed E-state index contributed by atoms with van der Waals surface area (Å²) in [6.45, 7) is 0. The number of benzene rings is 20. The first-order valence-electron chi connectivity index (χ1n) is 45.1. The van der Waals surface area contributed by atoms with Gasteiger partial charge in [-0.2, -0.15) is 0 Å². The van der Waals surface area contributed by atoms with Gasteiger partial charge in [0.1, 0.15) is 16.6 Å². The molecule has 136 heavy (non-hydrogen) atoms. The number of para-hydroxylation sites is 2. The van der Waals surface area contributed by atoms with Gasteiger partial charge in [-0.1, -0.05) is 352 Å². The quantitative estimate of drug-likeness (QED) is 0.0992. The summed E-state index contributed by atoms with van der Waals surface area (Å²) in [4.78, 5) is 54.6. The molecule has 0 radical (unpaired) electrons. The number of oxazole rings is 3. The number of fused-ring (bicyclic) bond motifs is 18. The van der Waals surface area contributed by atoms with Gasteiger partial charge in [0.15, 0.2) is 57.5 Å². The predicted molar refractivity (Wildman–Crippen MR) is 549 cm³/mol. The highest BCUT2D eigenvalue weighted by molar-refractivity contribution is 6.22. The predicted octanol–water partition coefficient (Wildman–Crippen LogP) is 30.7. The zero-order chi connectivity index (χ0) is 89.9. The monoisotopic (exact) mass is 1740 g/mol. The van der Waals surface area contributed by atoms with Crippen molar-refractivity contribution >= 4 is 120 Å². The first-order valence-corrected chi connectivity index (χ1v) is 45.1. The zero-order valence-electron chi connectivity index (χ0n) is 72.8. The average Bonchev–Trinajstić information content (AvgIpc) is 1.53. The summed E-state index contributed by atoms with van der Waals surface area (Å²) >= 11 is 0. The van der Waals surface area contributed by atoms with E-state index < -0.39 is 0 Å². The van der Waals surface area contributed by atoms with Gasteiger partial charge < -0.3 is 17.8 Å². The van der Waals surface area contributed by atoms with Crippen LogP contribution in [0.15, 0.2) is 462 Å². The number of nitrogens with zero attached hydrogens (tertiary/aromatic N) is 12. The van der Waals surface area contributed by atoms with Gasteiger partial charge in [0, 0.05) is 99.4 Å². The van der Waals surface area contributed by atoms with E-state index in [1.165, 1.54) is 10.8 Å². The van der Waals surface area contributed by atoms with Crippen LogP contribution in [0.25, 0.3) is 262 Å². The smallest absolute Gasteiger partial charge is 0.227 e. The minimum Gasteiger partial charge on any atom is -0.436 e. The molecule has 0 atom stereocenters. The largest absolute Gasteiger partial charge is 0.436 e. The fraction of sp³-hybridized carbons (Fsp3) is 0. The zero-order valence-corrected chi connectivity index (χ0v) is 72.8. The lowest BCUT2D eigenvalue weighted by Gasteiger charge is -2.11. The summed E-state index contributed by atoms with van der Waals surface area (Å²) in [6.07, 6.45) is 0. The van der Waals surface area contributed by atoms with E-state index in [0.717, 1.165) is 193 Å². The molecule has 0 bridgehead atoms. The third-order valence-electron chi connectivity index (χ3n) is 25.1. The van der Waals surface area contributed by atoms with E-state index in [1.807, 2.05) is 243 Å². The molecule has 27 rings (SSSR count). The van der Waals surface area contributed by atoms with Crippen molar-refractivity contribution in [3.8, 4) is 142 Å². The van der Waals surface area contributed by atoms with Crippen LogP contribution in [0.5, 0.6) is 0 Å². The van der Waals surface area contributed by atoms with E-state index in [9.17, 15) is 0 Å². The first kappa shape index (κ1) is 79.4. The fourth-order valence-electron chi connectivity index (χ4n) is 18.5. The highest BCUT2D eigenvalue weighted by Crippen LogP contribution is 2.44. The molecule has 0 unspecified atom stereocenters. The molecular weight excluding hydrogens is 1670 g/mol. The van der Waals surface area contributed by atoms with Gasteiger partial charge in [0.25, 0.3) is 0 Å². The average molecular weight is 1740 g/mol. The van der Waals surface area contributed by atoms with E-state index in [-0.39, 0.29) is 0 Å². The molecule has 27 aromatic rings. The third-order valence-corrected chi connectivity index (χ3v) is 25.1. The summed E-state index contributed by atoms with van der Waals surface area (Å²) in [7, 11) is 0. The lowest BCUT2D eigenvalue weighted by molar-refractivity contribution is 0.619. The van der Waals surface area contributed by atoms with Crippen molar-refractivity contribution in [3.05, 3.63) is 449 Å². The maximum atomic E-state index is 6.54. The number of hydrogen-bond donors (Lipinski definition) is 0. The molecule has 7 aromatic heterocycles. The van der Waals surface area contributed by atoms with Gasteiger partial charge in [-0.25, -0.2) is 54.8 Å². The Labute approximate surface area is 778 Å². The summed E-state index contributed by atoms with van der Waals surface area (Å²) in [6, 6.07) is 153. The normalized spacial score (nSPS) is 11.5. The van der Waals surface area contributed by atoms with Crippen LogP contribution in [-0.4, -0.2) is 59.4 Å². The van der Waals surface area contributed by atoms with E-state index in [0.29, 0.717) is 58.4 Å². The van der Waals surface area contributed by atoms with E-state index >= 15 is 0 Å². The summed E-state index contributed by atoms with van der Waals surface area (Å²) in [5.74, 6) is 6.28. The molecular formula is C121H74N12O3. The van der Waals surface area contributed by atoms with Crippen molar-refractivity contribution in [1.29, 1.82) is 0 Å². The molecule has 0 amide bonds. The maximum Gasteiger partial charge on any atom is 0.227 e. The van der Waals surface area contributed by atoms with Gasteiger partial charge in [0.2, 0.25) is 17.7 Å². The van der Waals surface area contributed by atoms with Crippen LogP contribution in [0.1, 0.15) is 0 Å². The molecule has 636 valence electrons. The van der Waals surface area contributed by atoms with Crippen molar-refractivity contribution < 1.29 is 13.3 Å². The molecule has 0 fully saturated rings. The van der Waals surface area contributed by atoms with Crippen LogP contribution < -0.4 is 0 Å². The van der Waals surface area contributed by atoms with Crippen molar-refractivity contribution in [2.45, 2.75) is 0 Å². The number of rotatable bonds is 13. The lowest BCUT2D eigenvalue weighted by Crippen LogP contribution is -2.00. The Morgan fingerprint density at radius 3 is 1.00 bits per heavy atom. The molecule has 15 heteroatoms. The van der Waals surface area contributed by atoms with Crippen molar-refractivity contribution in [2.75, 3.05) is 0 Å². The van der Waals surface area contributed by atoms with Gasteiger partial charge >= 0.3 is 0 Å². The molecule has 15 nitrogen and oxygen atoms in total. The minimum atomic E-state index is 0.588. The second-order valence-electron chi connectivity index (χ2n) is 33.5. The Morgan fingerprint density at radius 2 is 0.507 bits per heavy atom. The van der Waals surface area contributed by atoms with E-state index in [1.54, 1.807) is 0 Å². The topological polar surface area (TPSA) is 186 Å². The Balaban J connectivity index is 0.000000110. The van der Waals surface area contributed by atoms with Crippen LogP contribution in [-0.2, 0) is 0 Å². The van der Waals surface area contributed by atoms with E-state index in [2.05, 4.69) is 211 Å². The third kappa shape index (κ3) is 14.9. The fourth-order valence-corrected chi connectivity index (χ4v) is 18.5. The minimum absolute atomic E-state index is 0.588. The Hall–Kier alpha value is -18.7. The SMILES string of the molecule is c1ccc(-c2cc(-c3ccccc3)nc(-c3ccc4ccc5ccc6nc(-c7ccccc7)oc6c5c4c3)n2)cc1.c1ccc(-c2nc(-c3ccccc3)nc(-c3ccc4c(ccc5ccc6oc(-c7ccc8c9ccccc9n(-c9ccccc9)c8c7)nc6c54)c3)n2)cc1.c1ccc(-c2nc(-c3ccccc3)nc(-c3ccc4ccc5ccc6oc(-c7ccccc7)nc6c5c4c3)n2)cc1. The first-order chi connectivity index (χ1) is 67.3.